The number of aryl methyl sites for hydroxylation is 1. The molecule has 0 aromatic heterocycles. The second kappa shape index (κ2) is 8.76. The molecular weight excluding hydrogens is 423 g/mol. The third-order valence-electron chi connectivity index (χ3n) is 5.49. The Hall–Kier alpha value is -4.17. The number of nitrogens with zero attached hydrogens (tertiary/aromatic N) is 1. The van der Waals surface area contributed by atoms with Crippen LogP contribution < -0.4 is 0 Å². The van der Waals surface area contributed by atoms with Crippen LogP contribution in [0.15, 0.2) is 91.0 Å². The maximum Gasteiger partial charge on any atom is 0.416 e. The largest absolute Gasteiger partial charge is 0.416 e. The zero-order valence-electron chi connectivity index (χ0n) is 17.6. The number of benzene rings is 4. The Morgan fingerprint density at radius 3 is 1.76 bits per heavy atom. The van der Waals surface area contributed by atoms with Crippen molar-refractivity contribution in [1.82, 2.24) is 0 Å². The summed E-state index contributed by atoms with van der Waals surface area (Å²) >= 11 is 0. The molecule has 0 radical (unpaired) electrons. The summed E-state index contributed by atoms with van der Waals surface area (Å²) < 4.78 is 38.2. The minimum Gasteiger partial charge on any atom is -0.289 e. The number of rotatable bonds is 4. The van der Waals surface area contributed by atoms with Crippen molar-refractivity contribution in [1.29, 1.82) is 0 Å². The van der Waals surface area contributed by atoms with Gasteiger partial charge in [0.15, 0.2) is 11.5 Å². The number of hydrogen-bond donors (Lipinski definition) is 0. The molecule has 0 spiro atoms. The van der Waals surface area contributed by atoms with Gasteiger partial charge in [-0.1, -0.05) is 78.9 Å². The van der Waals surface area contributed by atoms with Gasteiger partial charge in [-0.25, -0.2) is 4.85 Å². The molecule has 0 aliphatic carbocycles. The lowest BCUT2D eigenvalue weighted by Crippen LogP contribution is -2.06. The molecule has 0 unspecified atom stereocenters. The van der Waals surface area contributed by atoms with Gasteiger partial charge in [-0.2, -0.15) is 13.2 Å². The van der Waals surface area contributed by atoms with E-state index in [0.29, 0.717) is 11.3 Å². The van der Waals surface area contributed by atoms with E-state index in [1.807, 2.05) is 43.3 Å². The second-order valence-corrected chi connectivity index (χ2v) is 7.67. The summed E-state index contributed by atoms with van der Waals surface area (Å²) in [6.45, 7) is 9.09. The molecule has 0 N–H and O–H groups in total. The van der Waals surface area contributed by atoms with E-state index in [-0.39, 0.29) is 11.3 Å². The lowest BCUT2D eigenvalue weighted by Gasteiger charge is -2.10. The van der Waals surface area contributed by atoms with Gasteiger partial charge in [0.2, 0.25) is 0 Å². The predicted molar refractivity (Wildman–Crippen MR) is 123 cm³/mol. The van der Waals surface area contributed by atoms with Crippen LogP contribution in [0.5, 0.6) is 0 Å². The first-order valence-corrected chi connectivity index (χ1v) is 10.2. The molecule has 0 saturated carbocycles. The second-order valence-electron chi connectivity index (χ2n) is 7.67. The summed E-state index contributed by atoms with van der Waals surface area (Å²) in [6.07, 6.45) is -4.43. The first-order chi connectivity index (χ1) is 15.8. The molecule has 33 heavy (non-hydrogen) atoms. The monoisotopic (exact) mass is 441 g/mol. The van der Waals surface area contributed by atoms with Gasteiger partial charge >= 0.3 is 6.18 Å². The van der Waals surface area contributed by atoms with Gasteiger partial charge in [-0.15, -0.1) is 0 Å². The number of carbonyl (C=O) groups excluding carboxylic acids is 1. The van der Waals surface area contributed by atoms with Gasteiger partial charge in [0, 0.05) is 11.1 Å². The molecule has 0 bridgehead atoms. The fourth-order valence-corrected chi connectivity index (χ4v) is 3.67. The molecule has 162 valence electrons. The first kappa shape index (κ1) is 22.0. The van der Waals surface area contributed by atoms with E-state index in [0.717, 1.165) is 39.9 Å². The summed E-state index contributed by atoms with van der Waals surface area (Å²) in [7, 11) is 0. The molecule has 0 aliphatic rings. The normalized spacial score (nSPS) is 11.1. The van der Waals surface area contributed by atoms with Crippen LogP contribution in [-0.2, 0) is 6.18 Å². The lowest BCUT2D eigenvalue weighted by molar-refractivity contribution is -0.137. The van der Waals surface area contributed by atoms with Crippen LogP contribution in [-0.4, -0.2) is 5.78 Å². The van der Waals surface area contributed by atoms with Crippen LogP contribution in [0, 0.1) is 13.5 Å². The van der Waals surface area contributed by atoms with E-state index < -0.39 is 11.7 Å². The van der Waals surface area contributed by atoms with Gasteiger partial charge in [-0.05, 0) is 46.9 Å². The molecule has 4 aromatic rings. The Kier molecular flexibility index (Phi) is 5.85. The van der Waals surface area contributed by atoms with Crippen LogP contribution >= 0.6 is 0 Å². The summed E-state index contributed by atoms with van der Waals surface area (Å²) in [5, 5.41) is 0. The number of halogens is 3. The molecule has 0 aliphatic heterocycles. The van der Waals surface area contributed by atoms with E-state index in [4.69, 9.17) is 6.57 Å². The molecule has 0 heterocycles. The van der Waals surface area contributed by atoms with E-state index >= 15 is 0 Å². The third-order valence-corrected chi connectivity index (χ3v) is 5.49. The van der Waals surface area contributed by atoms with Crippen molar-refractivity contribution < 1.29 is 18.0 Å². The van der Waals surface area contributed by atoms with Crippen LogP contribution in [0.1, 0.15) is 27.0 Å². The fraction of sp³-hybridized carbons (Fsp3) is 0.0714. The standard InChI is InChI=1S/C28H18F3NO/c1-18-17-23(11-16-26(18)20-9-14-25(32-2)15-10-20)19-3-5-21(6-4-19)27(33)22-7-12-24(13-8-22)28(29,30)31/h3-17H,1H3. The van der Waals surface area contributed by atoms with Gasteiger partial charge in [0.25, 0.3) is 0 Å². The van der Waals surface area contributed by atoms with Crippen LogP contribution in [0.25, 0.3) is 27.1 Å². The number of hydrogen-bond acceptors (Lipinski definition) is 1. The molecule has 0 atom stereocenters. The topological polar surface area (TPSA) is 21.4 Å². The highest BCUT2D eigenvalue weighted by Gasteiger charge is 2.30. The Morgan fingerprint density at radius 2 is 1.24 bits per heavy atom. The van der Waals surface area contributed by atoms with Crippen molar-refractivity contribution in [2.45, 2.75) is 13.1 Å². The van der Waals surface area contributed by atoms with Gasteiger partial charge < -0.3 is 0 Å². The molecule has 0 saturated heterocycles. The van der Waals surface area contributed by atoms with Gasteiger partial charge in [0.1, 0.15) is 0 Å². The SMILES string of the molecule is [C-]#[N+]c1ccc(-c2ccc(-c3ccc(C(=O)c4ccc(C(F)(F)F)cc4)cc3)cc2C)cc1. The molecule has 4 aromatic carbocycles. The maximum atomic E-state index is 12.7. The highest BCUT2D eigenvalue weighted by molar-refractivity contribution is 6.09. The van der Waals surface area contributed by atoms with Crippen molar-refractivity contribution >= 4 is 11.5 Å². The molecule has 5 heteroatoms. The summed E-state index contributed by atoms with van der Waals surface area (Å²) in [5.41, 5.74) is 5.53. The van der Waals surface area contributed by atoms with E-state index in [2.05, 4.69) is 10.9 Å². The smallest absolute Gasteiger partial charge is 0.289 e. The number of alkyl halides is 3. The predicted octanol–water partition coefficient (Wildman–Crippen LogP) is 8.13. The fourth-order valence-electron chi connectivity index (χ4n) is 3.67. The quantitative estimate of drug-likeness (QED) is 0.231. The lowest BCUT2D eigenvalue weighted by atomic mass is 9.94. The molecule has 2 nitrogen and oxygen atoms in total. The minimum absolute atomic E-state index is 0.209. The Morgan fingerprint density at radius 1 is 0.727 bits per heavy atom. The van der Waals surface area contributed by atoms with Crippen molar-refractivity contribution in [3.05, 3.63) is 125 Å². The summed E-state index contributed by atoms with van der Waals surface area (Å²) in [5.74, 6) is -0.329. The molecule has 0 fully saturated rings. The van der Waals surface area contributed by atoms with Crippen molar-refractivity contribution in [2.24, 2.45) is 0 Å². The number of ketones is 1. The zero-order valence-corrected chi connectivity index (χ0v) is 17.6. The zero-order chi connectivity index (χ0) is 23.6. The Balaban J connectivity index is 1.55. The van der Waals surface area contributed by atoms with Gasteiger partial charge in [-0.3, -0.25) is 4.79 Å². The van der Waals surface area contributed by atoms with Gasteiger partial charge in [0.05, 0.1) is 12.1 Å². The Labute approximate surface area is 189 Å². The van der Waals surface area contributed by atoms with Crippen molar-refractivity contribution in [2.75, 3.05) is 0 Å². The van der Waals surface area contributed by atoms with Crippen LogP contribution in [0.2, 0.25) is 0 Å². The van der Waals surface area contributed by atoms with E-state index in [9.17, 15) is 18.0 Å². The van der Waals surface area contributed by atoms with E-state index in [1.54, 1.807) is 24.3 Å². The molecule has 0 amide bonds. The minimum atomic E-state index is -4.43. The van der Waals surface area contributed by atoms with Crippen LogP contribution in [0.4, 0.5) is 18.9 Å². The molecule has 4 rings (SSSR count). The summed E-state index contributed by atoms with van der Waals surface area (Å²) in [4.78, 5) is 16.1. The Bertz CT molecular complexity index is 1350. The highest BCUT2D eigenvalue weighted by Crippen LogP contribution is 2.31. The van der Waals surface area contributed by atoms with Crippen molar-refractivity contribution in [3.8, 4) is 22.3 Å². The van der Waals surface area contributed by atoms with Crippen molar-refractivity contribution in [3.63, 3.8) is 0 Å². The molecular formula is C28H18F3NO. The average molecular weight is 441 g/mol. The highest BCUT2D eigenvalue weighted by atomic mass is 19.4. The summed E-state index contributed by atoms with van der Waals surface area (Å²) in [6, 6.07) is 24.8. The third kappa shape index (κ3) is 4.70. The first-order valence-electron chi connectivity index (χ1n) is 10.2. The number of carbonyl (C=O) groups is 1. The average Bonchev–Trinajstić information content (AvgIpc) is 2.83. The van der Waals surface area contributed by atoms with Crippen LogP contribution in [0.3, 0.4) is 0 Å². The van der Waals surface area contributed by atoms with E-state index in [1.165, 1.54) is 12.1 Å². The maximum absolute atomic E-state index is 12.7.